The van der Waals surface area contributed by atoms with Gasteiger partial charge in [-0.05, 0) is 47.9 Å². The van der Waals surface area contributed by atoms with Crippen LogP contribution in [-0.2, 0) is 10.0 Å². The fourth-order valence-corrected chi connectivity index (χ4v) is 4.12. The van der Waals surface area contributed by atoms with Gasteiger partial charge in [0, 0.05) is 26.1 Å². The number of benzene rings is 2. The fraction of sp³-hybridized carbons (Fsp3) is 0.409. The summed E-state index contributed by atoms with van der Waals surface area (Å²) in [5.74, 6) is 1.26. The highest BCUT2D eigenvalue weighted by Gasteiger charge is 2.23. The summed E-state index contributed by atoms with van der Waals surface area (Å²) in [5.41, 5.74) is 1.32. The van der Waals surface area contributed by atoms with Gasteiger partial charge in [-0.25, -0.2) is 12.7 Å². The first kappa shape index (κ1) is 22.1. The van der Waals surface area contributed by atoms with Crippen LogP contribution in [0.15, 0.2) is 47.4 Å². The monoisotopic (exact) mass is 432 g/mol. The van der Waals surface area contributed by atoms with Crippen molar-refractivity contribution in [1.29, 1.82) is 0 Å². The molecule has 3 rings (SSSR count). The lowest BCUT2D eigenvalue weighted by Gasteiger charge is -2.24. The van der Waals surface area contributed by atoms with Crippen molar-refractivity contribution in [2.45, 2.75) is 31.2 Å². The molecule has 1 aliphatic rings. The van der Waals surface area contributed by atoms with Crippen LogP contribution < -0.4 is 14.8 Å². The van der Waals surface area contributed by atoms with Gasteiger partial charge in [0.25, 0.3) is 5.91 Å². The minimum atomic E-state index is -3.53. The highest BCUT2D eigenvalue weighted by Crippen LogP contribution is 2.34. The first-order chi connectivity index (χ1) is 14.2. The summed E-state index contributed by atoms with van der Waals surface area (Å²) in [4.78, 5) is 13.0. The van der Waals surface area contributed by atoms with Crippen molar-refractivity contribution in [3.63, 3.8) is 0 Å². The standard InChI is InChI=1S/C22H28N2O5S/c1-15(2)21(17-8-11-19-20(14-17)29-13-5-12-28-19)23-22(25)16-6-9-18(10-7-16)30(26,27)24(3)4/h6-11,14-15,21H,5,12-13H2,1-4H3,(H,23,25)/t21-/m0/s1. The van der Waals surface area contributed by atoms with Crippen LogP contribution >= 0.6 is 0 Å². The Morgan fingerprint density at radius 2 is 1.63 bits per heavy atom. The number of rotatable bonds is 6. The zero-order valence-corrected chi connectivity index (χ0v) is 18.5. The van der Waals surface area contributed by atoms with Crippen LogP contribution in [0.1, 0.15) is 42.2 Å². The molecule has 0 saturated carbocycles. The Labute approximate surface area is 178 Å². The van der Waals surface area contributed by atoms with E-state index < -0.39 is 10.0 Å². The molecule has 162 valence electrons. The van der Waals surface area contributed by atoms with E-state index in [9.17, 15) is 13.2 Å². The molecule has 0 fully saturated rings. The predicted octanol–water partition coefficient (Wildman–Crippen LogP) is 3.23. The molecule has 7 nitrogen and oxygen atoms in total. The molecule has 0 bridgehead atoms. The molecule has 2 aromatic rings. The lowest BCUT2D eigenvalue weighted by molar-refractivity contribution is 0.0925. The van der Waals surface area contributed by atoms with E-state index in [4.69, 9.17) is 9.47 Å². The molecule has 1 N–H and O–H groups in total. The van der Waals surface area contributed by atoms with Crippen LogP contribution in [-0.4, -0.2) is 45.9 Å². The molecule has 0 unspecified atom stereocenters. The van der Waals surface area contributed by atoms with Crippen molar-refractivity contribution >= 4 is 15.9 Å². The van der Waals surface area contributed by atoms with E-state index in [1.807, 2.05) is 32.0 Å². The Morgan fingerprint density at radius 3 is 2.23 bits per heavy atom. The second-order valence-electron chi connectivity index (χ2n) is 7.76. The zero-order valence-electron chi connectivity index (χ0n) is 17.7. The summed E-state index contributed by atoms with van der Waals surface area (Å²) in [6.45, 7) is 5.27. The number of hydrogen-bond acceptors (Lipinski definition) is 5. The van der Waals surface area contributed by atoms with E-state index in [0.29, 0.717) is 30.3 Å². The Kier molecular flexibility index (Phi) is 6.67. The number of carbonyl (C=O) groups is 1. The molecular weight excluding hydrogens is 404 g/mol. The topological polar surface area (TPSA) is 84.9 Å². The van der Waals surface area contributed by atoms with Crippen molar-refractivity contribution in [2.75, 3.05) is 27.3 Å². The molecule has 8 heteroatoms. The molecule has 0 spiro atoms. The normalized spacial score (nSPS) is 15.0. The first-order valence-electron chi connectivity index (χ1n) is 9.93. The third-order valence-corrected chi connectivity index (χ3v) is 6.81. The minimum absolute atomic E-state index is 0.132. The summed E-state index contributed by atoms with van der Waals surface area (Å²) < 4.78 is 37.0. The van der Waals surface area contributed by atoms with Crippen molar-refractivity contribution in [1.82, 2.24) is 9.62 Å². The number of hydrogen-bond donors (Lipinski definition) is 1. The molecule has 1 aliphatic heterocycles. The smallest absolute Gasteiger partial charge is 0.251 e. The molecule has 30 heavy (non-hydrogen) atoms. The van der Waals surface area contributed by atoms with Gasteiger partial charge in [0.15, 0.2) is 11.5 Å². The minimum Gasteiger partial charge on any atom is -0.490 e. The lowest BCUT2D eigenvalue weighted by Crippen LogP contribution is -2.31. The van der Waals surface area contributed by atoms with E-state index in [1.165, 1.54) is 38.4 Å². The van der Waals surface area contributed by atoms with E-state index in [2.05, 4.69) is 5.32 Å². The van der Waals surface area contributed by atoms with Gasteiger partial charge in [-0.15, -0.1) is 0 Å². The third kappa shape index (κ3) is 4.76. The number of ether oxygens (including phenoxy) is 2. The average molecular weight is 433 g/mol. The Balaban J connectivity index is 1.80. The Bertz CT molecular complexity index is 1000. The van der Waals surface area contributed by atoms with Crippen LogP contribution in [0.3, 0.4) is 0 Å². The molecule has 0 radical (unpaired) electrons. The quantitative estimate of drug-likeness (QED) is 0.758. The maximum absolute atomic E-state index is 12.8. The van der Waals surface area contributed by atoms with Gasteiger partial charge in [-0.3, -0.25) is 4.79 Å². The number of sulfonamides is 1. The maximum Gasteiger partial charge on any atom is 0.251 e. The van der Waals surface area contributed by atoms with Crippen molar-refractivity contribution < 1.29 is 22.7 Å². The van der Waals surface area contributed by atoms with Crippen LogP contribution in [0.4, 0.5) is 0 Å². The summed E-state index contributed by atoms with van der Waals surface area (Å²) in [5, 5.41) is 3.06. The molecule has 0 aromatic heterocycles. The SMILES string of the molecule is CC(C)[C@H](NC(=O)c1ccc(S(=O)(=O)N(C)C)cc1)c1ccc2c(c1)OCCCO2. The Hall–Kier alpha value is -2.58. The largest absolute Gasteiger partial charge is 0.490 e. The molecule has 0 saturated heterocycles. The molecule has 1 heterocycles. The second kappa shape index (κ2) is 9.06. The maximum atomic E-state index is 12.8. The van der Waals surface area contributed by atoms with Gasteiger partial charge in [-0.2, -0.15) is 0 Å². The van der Waals surface area contributed by atoms with E-state index in [-0.39, 0.29) is 22.8 Å². The number of fused-ring (bicyclic) bond motifs is 1. The molecule has 2 aromatic carbocycles. The summed E-state index contributed by atoms with van der Waals surface area (Å²) in [7, 11) is -0.593. The van der Waals surface area contributed by atoms with Crippen molar-refractivity contribution in [2.24, 2.45) is 5.92 Å². The summed E-state index contributed by atoms with van der Waals surface area (Å²) in [6.07, 6.45) is 0.827. The van der Waals surface area contributed by atoms with Crippen LogP contribution in [0.25, 0.3) is 0 Å². The highest BCUT2D eigenvalue weighted by molar-refractivity contribution is 7.89. The van der Waals surface area contributed by atoms with Gasteiger partial charge in [0.05, 0.1) is 24.2 Å². The molecule has 1 amide bonds. The molecule has 0 aliphatic carbocycles. The first-order valence-corrected chi connectivity index (χ1v) is 11.4. The molecular formula is C22H28N2O5S. The third-order valence-electron chi connectivity index (χ3n) is 4.98. The van der Waals surface area contributed by atoms with E-state index in [1.54, 1.807) is 0 Å². The highest BCUT2D eigenvalue weighted by atomic mass is 32.2. The fourth-order valence-electron chi connectivity index (χ4n) is 3.22. The molecule has 1 atom stereocenters. The van der Waals surface area contributed by atoms with E-state index in [0.717, 1.165) is 16.3 Å². The number of amides is 1. The predicted molar refractivity (Wildman–Crippen MR) is 114 cm³/mol. The van der Waals surface area contributed by atoms with Gasteiger partial charge in [0.2, 0.25) is 10.0 Å². The zero-order chi connectivity index (χ0) is 21.9. The number of carbonyl (C=O) groups excluding carboxylic acids is 1. The van der Waals surface area contributed by atoms with Crippen molar-refractivity contribution in [3.05, 3.63) is 53.6 Å². The van der Waals surface area contributed by atoms with Gasteiger partial charge < -0.3 is 14.8 Å². The Morgan fingerprint density at radius 1 is 1.00 bits per heavy atom. The van der Waals surface area contributed by atoms with Crippen LogP contribution in [0.2, 0.25) is 0 Å². The van der Waals surface area contributed by atoms with Gasteiger partial charge in [0.1, 0.15) is 0 Å². The lowest BCUT2D eigenvalue weighted by atomic mass is 9.95. The van der Waals surface area contributed by atoms with Gasteiger partial charge >= 0.3 is 0 Å². The van der Waals surface area contributed by atoms with Crippen LogP contribution in [0.5, 0.6) is 11.5 Å². The second-order valence-corrected chi connectivity index (χ2v) is 9.92. The number of nitrogens with one attached hydrogen (secondary N) is 1. The van der Waals surface area contributed by atoms with Gasteiger partial charge in [-0.1, -0.05) is 19.9 Å². The average Bonchev–Trinajstić information content (AvgIpc) is 2.96. The van der Waals surface area contributed by atoms with E-state index >= 15 is 0 Å². The number of nitrogens with zero attached hydrogens (tertiary/aromatic N) is 1. The summed E-state index contributed by atoms with van der Waals surface area (Å²) in [6, 6.07) is 11.4. The van der Waals surface area contributed by atoms with Crippen molar-refractivity contribution in [3.8, 4) is 11.5 Å². The summed E-state index contributed by atoms with van der Waals surface area (Å²) >= 11 is 0. The van der Waals surface area contributed by atoms with Crippen LogP contribution in [0, 0.1) is 5.92 Å².